The first-order valence-corrected chi connectivity index (χ1v) is 9.76. The minimum absolute atomic E-state index is 0.110. The molecule has 1 aliphatic rings. The molecule has 2 amide bonds. The van der Waals surface area contributed by atoms with Gasteiger partial charge in [0.05, 0.1) is 11.1 Å². The van der Waals surface area contributed by atoms with Crippen LogP contribution in [0.3, 0.4) is 0 Å². The lowest BCUT2D eigenvalue weighted by molar-refractivity contribution is 0.0761. The fourth-order valence-electron chi connectivity index (χ4n) is 3.56. The highest BCUT2D eigenvalue weighted by Crippen LogP contribution is 2.40. The molecule has 0 unspecified atom stereocenters. The Morgan fingerprint density at radius 2 is 1.87 bits per heavy atom. The van der Waals surface area contributed by atoms with Crippen LogP contribution in [-0.4, -0.2) is 45.8 Å². The molecular weight excluding hydrogens is 385 g/mol. The highest BCUT2D eigenvalue weighted by atomic mass is 19.1. The lowest BCUT2D eigenvalue weighted by atomic mass is 9.96. The van der Waals surface area contributed by atoms with Gasteiger partial charge in [0.1, 0.15) is 11.3 Å². The summed E-state index contributed by atoms with van der Waals surface area (Å²) in [7, 11) is 3.27. The van der Waals surface area contributed by atoms with Crippen LogP contribution in [0.15, 0.2) is 42.6 Å². The lowest BCUT2D eigenvalue weighted by Crippen LogP contribution is -2.24. The summed E-state index contributed by atoms with van der Waals surface area (Å²) in [5, 5.41) is 11.2. The van der Waals surface area contributed by atoms with Crippen molar-refractivity contribution in [3.8, 4) is 5.75 Å². The molecule has 1 aromatic heterocycles. The standard InChI is InChI=1S/C21H18FN3O3.C2H6/c1-24(2)20(27)16-14-4-3-9-23-18(14)19(26)17-15(16)11-25(21(17)28)10-12-5-7-13(22)8-6-12;1-2/h3-9,26H,10-11H2,1-2H3;1-2H3. The van der Waals surface area contributed by atoms with Crippen LogP contribution in [0.2, 0.25) is 0 Å². The minimum atomic E-state index is -0.378. The number of nitrogens with zero attached hydrogens (tertiary/aromatic N) is 3. The molecule has 0 saturated carbocycles. The molecule has 156 valence electrons. The predicted molar refractivity (Wildman–Crippen MR) is 113 cm³/mol. The zero-order valence-electron chi connectivity index (χ0n) is 17.4. The van der Waals surface area contributed by atoms with Gasteiger partial charge in [0.25, 0.3) is 11.8 Å². The molecule has 0 spiro atoms. The molecule has 30 heavy (non-hydrogen) atoms. The number of hydrogen-bond donors (Lipinski definition) is 1. The summed E-state index contributed by atoms with van der Waals surface area (Å²) >= 11 is 0. The number of aromatic nitrogens is 1. The van der Waals surface area contributed by atoms with E-state index in [0.29, 0.717) is 16.5 Å². The van der Waals surface area contributed by atoms with Crippen LogP contribution in [0.4, 0.5) is 4.39 Å². The summed E-state index contributed by atoms with van der Waals surface area (Å²) in [5.41, 5.74) is 1.95. The third kappa shape index (κ3) is 3.58. The van der Waals surface area contributed by atoms with Crippen molar-refractivity contribution in [2.75, 3.05) is 14.1 Å². The summed E-state index contributed by atoms with van der Waals surface area (Å²) < 4.78 is 13.2. The van der Waals surface area contributed by atoms with Crippen molar-refractivity contribution in [1.82, 2.24) is 14.8 Å². The van der Waals surface area contributed by atoms with Crippen LogP contribution in [0.1, 0.15) is 45.7 Å². The Balaban J connectivity index is 0.00000124. The van der Waals surface area contributed by atoms with Gasteiger partial charge in [-0.15, -0.1) is 0 Å². The molecular formula is C23H24FN3O3. The van der Waals surface area contributed by atoms with Crippen molar-refractivity contribution in [3.63, 3.8) is 0 Å². The van der Waals surface area contributed by atoms with Gasteiger partial charge in [-0.05, 0) is 23.8 Å². The second-order valence-electron chi connectivity index (χ2n) is 6.96. The van der Waals surface area contributed by atoms with Gasteiger partial charge in [-0.1, -0.05) is 32.0 Å². The van der Waals surface area contributed by atoms with E-state index in [2.05, 4.69) is 4.98 Å². The zero-order valence-corrected chi connectivity index (χ0v) is 17.4. The number of pyridine rings is 1. The fourth-order valence-corrected chi connectivity index (χ4v) is 3.56. The van der Waals surface area contributed by atoms with Gasteiger partial charge >= 0.3 is 0 Å². The Bertz CT molecular complexity index is 1110. The summed E-state index contributed by atoms with van der Waals surface area (Å²) in [6.07, 6.45) is 1.51. The molecule has 0 atom stereocenters. The van der Waals surface area contributed by atoms with E-state index in [1.54, 1.807) is 38.4 Å². The Kier molecular flexibility index (Phi) is 6.01. The number of carbonyl (C=O) groups excluding carboxylic acids is 2. The van der Waals surface area contributed by atoms with E-state index < -0.39 is 0 Å². The van der Waals surface area contributed by atoms with Crippen molar-refractivity contribution < 1.29 is 19.1 Å². The Morgan fingerprint density at radius 1 is 1.20 bits per heavy atom. The number of hydrogen-bond acceptors (Lipinski definition) is 4. The highest BCUT2D eigenvalue weighted by molar-refractivity contribution is 6.15. The second kappa shape index (κ2) is 8.49. The maximum atomic E-state index is 13.2. The number of benzene rings is 2. The smallest absolute Gasteiger partial charge is 0.258 e. The number of phenols is 1. The third-order valence-electron chi connectivity index (χ3n) is 4.90. The summed E-state index contributed by atoms with van der Waals surface area (Å²) in [5.74, 6) is -1.20. The van der Waals surface area contributed by atoms with Crippen LogP contribution >= 0.6 is 0 Å². The van der Waals surface area contributed by atoms with Crippen LogP contribution in [0.25, 0.3) is 10.9 Å². The second-order valence-corrected chi connectivity index (χ2v) is 6.96. The van der Waals surface area contributed by atoms with E-state index in [9.17, 15) is 19.1 Å². The maximum Gasteiger partial charge on any atom is 0.258 e. The summed E-state index contributed by atoms with van der Waals surface area (Å²) in [4.78, 5) is 33.0. The van der Waals surface area contributed by atoms with E-state index in [-0.39, 0.29) is 47.6 Å². The van der Waals surface area contributed by atoms with Gasteiger partial charge in [0.2, 0.25) is 0 Å². The molecule has 2 heterocycles. The van der Waals surface area contributed by atoms with Crippen molar-refractivity contribution in [3.05, 3.63) is 70.7 Å². The number of fused-ring (bicyclic) bond motifs is 2. The van der Waals surface area contributed by atoms with Gasteiger partial charge in [-0.3, -0.25) is 14.6 Å². The molecule has 1 N–H and O–H groups in total. The van der Waals surface area contributed by atoms with E-state index >= 15 is 0 Å². The SMILES string of the molecule is CC.CN(C)C(=O)c1c2c(c(O)c3ncccc13)C(=O)N(Cc1ccc(F)cc1)C2. The van der Waals surface area contributed by atoms with E-state index in [1.165, 1.54) is 28.1 Å². The molecule has 2 aromatic carbocycles. The van der Waals surface area contributed by atoms with Crippen LogP contribution < -0.4 is 0 Å². The van der Waals surface area contributed by atoms with Gasteiger partial charge in [-0.2, -0.15) is 0 Å². The molecule has 4 rings (SSSR count). The van der Waals surface area contributed by atoms with Crippen LogP contribution in [0, 0.1) is 5.82 Å². The minimum Gasteiger partial charge on any atom is -0.505 e. The number of amides is 2. The topological polar surface area (TPSA) is 73.7 Å². The quantitative estimate of drug-likeness (QED) is 0.711. The molecule has 0 fully saturated rings. The lowest BCUT2D eigenvalue weighted by Gasteiger charge is -2.17. The van der Waals surface area contributed by atoms with E-state index in [1.807, 2.05) is 13.8 Å². The number of halogens is 1. The molecule has 1 aliphatic heterocycles. The molecule has 0 aliphatic carbocycles. The Hall–Kier alpha value is -3.48. The van der Waals surface area contributed by atoms with Crippen molar-refractivity contribution in [2.24, 2.45) is 0 Å². The average molecular weight is 409 g/mol. The van der Waals surface area contributed by atoms with Gasteiger partial charge < -0.3 is 14.9 Å². The molecule has 0 radical (unpaired) electrons. The average Bonchev–Trinajstić information content (AvgIpc) is 3.07. The van der Waals surface area contributed by atoms with Crippen molar-refractivity contribution >= 4 is 22.7 Å². The first-order chi connectivity index (χ1) is 14.4. The Morgan fingerprint density at radius 3 is 2.50 bits per heavy atom. The number of phenolic OH excluding ortho intramolecular Hbond substituents is 1. The van der Waals surface area contributed by atoms with Crippen molar-refractivity contribution in [1.29, 1.82) is 0 Å². The first kappa shape index (κ1) is 21.2. The van der Waals surface area contributed by atoms with Gasteiger partial charge in [0.15, 0.2) is 5.75 Å². The van der Waals surface area contributed by atoms with Gasteiger partial charge in [-0.25, -0.2) is 4.39 Å². The fraction of sp³-hybridized carbons (Fsp3) is 0.261. The van der Waals surface area contributed by atoms with Gasteiger partial charge in [0, 0.05) is 44.3 Å². The van der Waals surface area contributed by atoms with E-state index in [4.69, 9.17) is 0 Å². The highest BCUT2D eigenvalue weighted by Gasteiger charge is 2.36. The molecule has 3 aromatic rings. The normalized spacial score (nSPS) is 12.4. The van der Waals surface area contributed by atoms with Crippen LogP contribution in [0.5, 0.6) is 5.75 Å². The van der Waals surface area contributed by atoms with E-state index in [0.717, 1.165) is 5.56 Å². The predicted octanol–water partition coefficient (Wildman–Crippen LogP) is 3.96. The molecule has 0 bridgehead atoms. The molecule has 7 heteroatoms. The molecule has 0 saturated heterocycles. The summed E-state index contributed by atoms with van der Waals surface area (Å²) in [6.45, 7) is 4.42. The Labute approximate surface area is 174 Å². The van der Waals surface area contributed by atoms with Crippen molar-refractivity contribution in [2.45, 2.75) is 26.9 Å². The first-order valence-electron chi connectivity index (χ1n) is 9.76. The largest absolute Gasteiger partial charge is 0.505 e. The number of carbonyl (C=O) groups is 2. The number of aromatic hydroxyl groups is 1. The summed E-state index contributed by atoms with van der Waals surface area (Å²) in [6, 6.07) is 9.28. The number of rotatable bonds is 3. The molecule has 6 nitrogen and oxygen atoms in total. The maximum absolute atomic E-state index is 13.2. The van der Waals surface area contributed by atoms with Crippen LogP contribution in [-0.2, 0) is 13.1 Å². The third-order valence-corrected chi connectivity index (χ3v) is 4.90. The zero-order chi connectivity index (χ0) is 22.0. The monoisotopic (exact) mass is 409 g/mol.